The highest BCUT2D eigenvalue weighted by atomic mass is 79.9. The van der Waals surface area contributed by atoms with Gasteiger partial charge in [-0.2, -0.15) is 0 Å². The van der Waals surface area contributed by atoms with Gasteiger partial charge < -0.3 is 15.3 Å². The van der Waals surface area contributed by atoms with Gasteiger partial charge in [0.05, 0.1) is 9.38 Å². The highest BCUT2D eigenvalue weighted by Crippen LogP contribution is 2.35. The molecule has 10 heteroatoms. The number of phenolic OH excluding ortho intramolecular Hbond substituents is 1. The number of amides is 1. The third-order valence-electron chi connectivity index (χ3n) is 3.32. The maximum absolute atomic E-state index is 12.5. The molecule has 1 aromatic rings. The van der Waals surface area contributed by atoms with E-state index in [9.17, 15) is 24.6 Å². The van der Waals surface area contributed by atoms with E-state index < -0.39 is 30.3 Å². The third-order valence-corrected chi connectivity index (χ3v) is 5.29. The monoisotopic (exact) mass is 445 g/mol. The average molecular weight is 446 g/mol. The average Bonchev–Trinajstić information content (AvgIpc) is 2.78. The number of aliphatic carboxylic acids is 2. The van der Waals surface area contributed by atoms with Gasteiger partial charge in [0.2, 0.25) is 0 Å². The van der Waals surface area contributed by atoms with Gasteiger partial charge in [0.15, 0.2) is 0 Å². The molecule has 3 N–H and O–H groups in total. The second-order valence-electron chi connectivity index (χ2n) is 5.05. The number of carbonyl (C=O) groups excluding carboxylic acids is 1. The quantitative estimate of drug-likeness (QED) is 0.452. The van der Waals surface area contributed by atoms with Gasteiger partial charge >= 0.3 is 11.9 Å². The van der Waals surface area contributed by atoms with Crippen LogP contribution < -0.4 is 0 Å². The maximum Gasteiger partial charge on any atom is 0.326 e. The van der Waals surface area contributed by atoms with Crippen LogP contribution in [-0.4, -0.2) is 48.4 Å². The van der Waals surface area contributed by atoms with Crippen molar-refractivity contribution in [3.05, 3.63) is 33.1 Å². The zero-order valence-corrected chi connectivity index (χ0v) is 15.7. The Morgan fingerprint density at radius 1 is 1.36 bits per heavy atom. The first-order valence-electron chi connectivity index (χ1n) is 6.91. The summed E-state index contributed by atoms with van der Waals surface area (Å²) in [5.74, 6) is -3.01. The van der Waals surface area contributed by atoms with Crippen molar-refractivity contribution in [1.29, 1.82) is 0 Å². The molecule has 2 rings (SSSR count). The molecular weight excluding hydrogens is 434 g/mol. The van der Waals surface area contributed by atoms with Crippen LogP contribution in [0.4, 0.5) is 0 Å². The lowest BCUT2D eigenvalue weighted by molar-refractivity contribution is -0.146. The predicted molar refractivity (Wildman–Crippen MR) is 99.1 cm³/mol. The molecule has 0 aliphatic carbocycles. The summed E-state index contributed by atoms with van der Waals surface area (Å²) in [5, 5.41) is 27.6. The van der Waals surface area contributed by atoms with Gasteiger partial charge in [0, 0.05) is 6.42 Å². The number of hydrogen-bond acceptors (Lipinski definition) is 6. The smallest absolute Gasteiger partial charge is 0.326 e. The number of nitrogens with zero attached hydrogens (tertiary/aromatic N) is 1. The van der Waals surface area contributed by atoms with Crippen LogP contribution in [0.3, 0.4) is 0 Å². The highest BCUT2D eigenvalue weighted by molar-refractivity contribution is 9.10. The maximum atomic E-state index is 12.5. The van der Waals surface area contributed by atoms with E-state index in [2.05, 4.69) is 15.9 Å². The second-order valence-corrected chi connectivity index (χ2v) is 7.58. The molecule has 1 fully saturated rings. The van der Waals surface area contributed by atoms with Gasteiger partial charge in [-0.3, -0.25) is 14.5 Å². The summed E-state index contributed by atoms with van der Waals surface area (Å²) in [6.45, 7) is 0. The Hall–Kier alpha value is -1.91. The van der Waals surface area contributed by atoms with Crippen LogP contribution in [0.5, 0.6) is 5.75 Å². The van der Waals surface area contributed by atoms with E-state index in [1.807, 2.05) is 0 Å². The van der Waals surface area contributed by atoms with Gasteiger partial charge in [-0.1, -0.05) is 30.0 Å². The Bertz CT molecular complexity index is 794. The molecule has 1 aliphatic heterocycles. The lowest BCUT2D eigenvalue weighted by Crippen LogP contribution is -2.44. The van der Waals surface area contributed by atoms with Crippen molar-refractivity contribution >= 4 is 68.2 Å². The van der Waals surface area contributed by atoms with Gasteiger partial charge in [0.25, 0.3) is 5.91 Å². The summed E-state index contributed by atoms with van der Waals surface area (Å²) in [4.78, 5) is 35.8. The molecule has 0 spiro atoms. The Kier molecular flexibility index (Phi) is 6.20. The number of carboxylic acids is 2. The van der Waals surface area contributed by atoms with E-state index in [0.717, 1.165) is 16.7 Å². The van der Waals surface area contributed by atoms with E-state index >= 15 is 0 Å². The highest BCUT2D eigenvalue weighted by Gasteiger charge is 2.40. The van der Waals surface area contributed by atoms with Crippen molar-refractivity contribution in [2.75, 3.05) is 0 Å². The molecule has 0 bridgehead atoms. The molecule has 1 unspecified atom stereocenters. The van der Waals surface area contributed by atoms with Gasteiger partial charge in [-0.05, 0) is 46.1 Å². The molecule has 0 aromatic heterocycles. The number of rotatable bonds is 6. The van der Waals surface area contributed by atoms with Crippen molar-refractivity contribution in [2.24, 2.45) is 0 Å². The van der Waals surface area contributed by atoms with Crippen molar-refractivity contribution < 1.29 is 29.7 Å². The first-order chi connectivity index (χ1) is 11.7. The fourth-order valence-corrected chi connectivity index (χ4v) is 3.89. The molecule has 0 saturated carbocycles. The Morgan fingerprint density at radius 2 is 2.04 bits per heavy atom. The van der Waals surface area contributed by atoms with E-state index in [1.54, 1.807) is 12.1 Å². The molecule has 132 valence electrons. The molecule has 1 atom stereocenters. The van der Waals surface area contributed by atoms with Crippen LogP contribution in [-0.2, 0) is 14.4 Å². The zero-order chi connectivity index (χ0) is 18.7. The molecule has 1 amide bonds. The number of thioether (sulfide) groups is 1. The standard InChI is InChI=1S/C15H12BrNO6S2/c16-8-5-7(1-3-10(8)18)6-11-13(21)17(15(24)25-11)9(14(22)23)2-4-12(19)20/h1,3,5-6,9,18H,2,4H2,(H,19,20)(H,22,23). The Balaban J connectivity index is 2.28. The van der Waals surface area contributed by atoms with Crippen molar-refractivity contribution in [3.63, 3.8) is 0 Å². The molecule has 7 nitrogen and oxygen atoms in total. The van der Waals surface area contributed by atoms with Crippen LogP contribution in [0.15, 0.2) is 27.6 Å². The lowest BCUT2D eigenvalue weighted by Gasteiger charge is -2.22. The lowest BCUT2D eigenvalue weighted by atomic mass is 10.1. The topological polar surface area (TPSA) is 115 Å². The number of benzene rings is 1. The van der Waals surface area contributed by atoms with Gasteiger partial charge in [-0.15, -0.1) is 0 Å². The zero-order valence-electron chi connectivity index (χ0n) is 12.5. The molecular formula is C15H12BrNO6S2. The van der Waals surface area contributed by atoms with E-state index in [1.165, 1.54) is 12.1 Å². The summed E-state index contributed by atoms with van der Waals surface area (Å²) in [6.07, 6.45) is 0.896. The predicted octanol–water partition coefficient (Wildman–Crippen LogP) is 2.67. The van der Waals surface area contributed by atoms with Crippen LogP contribution in [0.2, 0.25) is 0 Å². The van der Waals surface area contributed by atoms with E-state index in [0.29, 0.717) is 10.0 Å². The van der Waals surface area contributed by atoms with E-state index in [4.69, 9.17) is 17.3 Å². The number of phenols is 1. The minimum Gasteiger partial charge on any atom is -0.507 e. The number of carboxylic acid groups (broad SMARTS) is 2. The molecule has 25 heavy (non-hydrogen) atoms. The molecule has 0 radical (unpaired) electrons. The van der Waals surface area contributed by atoms with Gasteiger partial charge in [-0.25, -0.2) is 4.79 Å². The number of thiocarbonyl (C=S) groups is 1. The number of aromatic hydroxyl groups is 1. The summed E-state index contributed by atoms with van der Waals surface area (Å²) in [5.41, 5.74) is 0.614. The molecule has 1 aliphatic rings. The fourth-order valence-electron chi connectivity index (χ4n) is 2.14. The summed E-state index contributed by atoms with van der Waals surface area (Å²) >= 11 is 9.22. The first kappa shape index (κ1) is 19.4. The van der Waals surface area contributed by atoms with Crippen molar-refractivity contribution in [2.45, 2.75) is 18.9 Å². The summed E-state index contributed by atoms with van der Waals surface area (Å²) in [7, 11) is 0. The SMILES string of the molecule is O=C(O)CCC(C(=O)O)N1C(=O)C(=Cc2ccc(O)c(Br)c2)SC1=S. The molecule has 1 heterocycles. The number of carbonyl (C=O) groups is 3. The largest absolute Gasteiger partial charge is 0.507 e. The number of hydrogen-bond donors (Lipinski definition) is 3. The first-order valence-corrected chi connectivity index (χ1v) is 8.92. The van der Waals surface area contributed by atoms with E-state index in [-0.39, 0.29) is 21.4 Å². The van der Waals surface area contributed by atoms with Crippen LogP contribution >= 0.6 is 39.9 Å². The van der Waals surface area contributed by atoms with Crippen LogP contribution in [0.25, 0.3) is 6.08 Å². The van der Waals surface area contributed by atoms with Crippen LogP contribution in [0.1, 0.15) is 18.4 Å². The summed E-state index contributed by atoms with van der Waals surface area (Å²) < 4.78 is 0.508. The Morgan fingerprint density at radius 3 is 2.60 bits per heavy atom. The van der Waals surface area contributed by atoms with Gasteiger partial charge in [0.1, 0.15) is 16.1 Å². The minimum atomic E-state index is -1.33. The fraction of sp³-hybridized carbons (Fsp3) is 0.200. The minimum absolute atomic E-state index is 0.0457. The Labute approximate surface area is 160 Å². The van der Waals surface area contributed by atoms with Crippen LogP contribution in [0, 0.1) is 0 Å². The summed E-state index contributed by atoms with van der Waals surface area (Å²) in [6, 6.07) is 3.30. The van der Waals surface area contributed by atoms with Crippen molar-refractivity contribution in [1.82, 2.24) is 4.90 Å². The molecule has 1 aromatic carbocycles. The third kappa shape index (κ3) is 4.59. The second kappa shape index (κ2) is 7.98. The molecule has 1 saturated heterocycles. The number of halogens is 1. The normalized spacial score (nSPS) is 17.2. The van der Waals surface area contributed by atoms with Crippen molar-refractivity contribution in [3.8, 4) is 5.75 Å².